The molecule has 1 aromatic heterocycles. The van der Waals surface area contributed by atoms with E-state index >= 15 is 0 Å². The number of hydrogen-bond acceptors (Lipinski definition) is 4. The average Bonchev–Trinajstić information content (AvgIpc) is 2.73. The van der Waals surface area contributed by atoms with Gasteiger partial charge in [0.2, 0.25) is 5.91 Å². The highest BCUT2D eigenvalue weighted by Gasteiger charge is 2.27. The van der Waals surface area contributed by atoms with Crippen LogP contribution in [0, 0.1) is 0 Å². The Morgan fingerprint density at radius 2 is 1.94 bits per heavy atom. The van der Waals surface area contributed by atoms with Crippen LogP contribution < -0.4 is 5.32 Å². The van der Waals surface area contributed by atoms with E-state index in [9.17, 15) is 13.6 Å². The minimum absolute atomic E-state index is 0.0343. The molecule has 0 aliphatic carbocycles. The number of carbonyl (C=O) groups excluding carboxylic acids is 1. The van der Waals surface area contributed by atoms with Gasteiger partial charge in [-0.3, -0.25) is 9.78 Å². The third kappa shape index (κ3) is 6.73. The predicted molar refractivity (Wildman–Crippen MR) is 121 cm³/mol. The molecule has 1 amide bonds. The number of alkyl halides is 2. The Morgan fingerprint density at radius 3 is 2.42 bits per heavy atom. The first-order valence-corrected chi connectivity index (χ1v) is 10.4. The van der Waals surface area contributed by atoms with Crippen LogP contribution in [0.15, 0.2) is 59.5 Å². The monoisotopic (exact) mass is 431 g/mol. The number of halogens is 2. The molecular weight excluding hydrogens is 400 g/mol. The summed E-state index contributed by atoms with van der Waals surface area (Å²) in [5.74, 6) is -2.29. The predicted octanol–water partition coefficient (Wildman–Crippen LogP) is 4.55. The number of rotatable bonds is 7. The molecule has 0 aromatic carbocycles. The van der Waals surface area contributed by atoms with E-state index in [1.54, 1.807) is 24.1 Å². The number of carbonyl (C=O) groups is 1. The highest BCUT2D eigenvalue weighted by molar-refractivity contribution is 6.01. The lowest BCUT2D eigenvalue weighted by Gasteiger charge is -2.37. The van der Waals surface area contributed by atoms with Gasteiger partial charge >= 0.3 is 0 Å². The molecule has 1 saturated heterocycles. The molecule has 6 nitrogen and oxygen atoms in total. The first kappa shape index (κ1) is 24.2. The van der Waals surface area contributed by atoms with Crippen molar-refractivity contribution in [3.8, 4) is 0 Å². The van der Waals surface area contributed by atoms with E-state index in [1.807, 2.05) is 26.0 Å². The Balaban J connectivity index is 2.23. The minimum Gasteiger partial charge on any atom is -0.352 e. The van der Waals surface area contributed by atoms with Gasteiger partial charge in [0, 0.05) is 44.9 Å². The van der Waals surface area contributed by atoms with Crippen LogP contribution in [0.4, 0.5) is 14.5 Å². The van der Waals surface area contributed by atoms with Crippen LogP contribution in [0.25, 0.3) is 0 Å². The number of nitrogens with one attached hydrogen (secondary N) is 1. The van der Waals surface area contributed by atoms with Crippen LogP contribution in [0.2, 0.25) is 0 Å². The van der Waals surface area contributed by atoms with Gasteiger partial charge < -0.3 is 15.1 Å². The Kier molecular flexibility index (Phi) is 8.47. The molecule has 1 aliphatic heterocycles. The molecule has 2 rings (SSSR count). The molecule has 0 spiro atoms. The molecular formula is C23H31F2N5O. The third-order valence-electron chi connectivity index (χ3n) is 4.72. The summed E-state index contributed by atoms with van der Waals surface area (Å²) >= 11 is 0. The molecule has 168 valence electrons. The van der Waals surface area contributed by atoms with Gasteiger partial charge in [-0.05, 0) is 32.4 Å². The quantitative estimate of drug-likeness (QED) is 0.391. The van der Waals surface area contributed by atoms with E-state index in [0.29, 0.717) is 37.4 Å². The number of anilines is 1. The van der Waals surface area contributed by atoms with E-state index in [2.05, 4.69) is 26.8 Å². The van der Waals surface area contributed by atoms with E-state index in [1.165, 1.54) is 12.3 Å². The van der Waals surface area contributed by atoms with Crippen molar-refractivity contribution < 1.29 is 13.6 Å². The second-order valence-electron chi connectivity index (χ2n) is 7.47. The number of aliphatic imine (C=N–C) groups is 1. The summed E-state index contributed by atoms with van der Waals surface area (Å²) in [6, 6.07) is 2.90. The van der Waals surface area contributed by atoms with Gasteiger partial charge in [-0.25, -0.2) is 4.99 Å². The lowest BCUT2D eigenvalue weighted by atomic mass is 10.2. The summed E-state index contributed by atoms with van der Waals surface area (Å²) < 4.78 is 26.9. The molecule has 1 N–H and O–H groups in total. The van der Waals surface area contributed by atoms with Gasteiger partial charge in [-0.2, -0.15) is 8.78 Å². The van der Waals surface area contributed by atoms with E-state index in [-0.39, 0.29) is 11.6 Å². The van der Waals surface area contributed by atoms with Gasteiger partial charge in [0.15, 0.2) is 5.84 Å². The molecule has 2 heterocycles. The standard InChI is InChI=1S/C23H31F2N5O/c1-6-8-19(28-18-9-10-20(27-16-18)23(5,24)25)21(26-11-7-2)29-12-14-30(15-13-29)22(31)17(3)4/h7-11,16,28H,3,6,12-15H2,1-2,4-5H3/b11-7-,19-8-,26-21-. The molecule has 31 heavy (non-hydrogen) atoms. The molecule has 0 radical (unpaired) electrons. The van der Waals surface area contributed by atoms with E-state index < -0.39 is 5.92 Å². The fourth-order valence-corrected chi connectivity index (χ4v) is 3.14. The summed E-state index contributed by atoms with van der Waals surface area (Å²) in [6.07, 6.45) is 7.70. The van der Waals surface area contributed by atoms with Crippen molar-refractivity contribution in [2.45, 2.75) is 40.0 Å². The van der Waals surface area contributed by atoms with Crippen molar-refractivity contribution in [1.29, 1.82) is 0 Å². The average molecular weight is 432 g/mol. The van der Waals surface area contributed by atoms with Crippen molar-refractivity contribution in [2.75, 3.05) is 31.5 Å². The Labute approximate surface area is 183 Å². The van der Waals surface area contributed by atoms with Crippen LogP contribution in [-0.4, -0.2) is 52.7 Å². The number of nitrogens with zero attached hydrogens (tertiary/aromatic N) is 4. The first-order chi connectivity index (χ1) is 14.7. The fraction of sp³-hybridized carbons (Fsp3) is 0.435. The van der Waals surface area contributed by atoms with Crippen LogP contribution >= 0.6 is 0 Å². The van der Waals surface area contributed by atoms with Crippen LogP contribution in [0.1, 0.15) is 39.8 Å². The maximum absolute atomic E-state index is 13.5. The van der Waals surface area contributed by atoms with Crippen LogP contribution in [-0.2, 0) is 10.7 Å². The smallest absolute Gasteiger partial charge is 0.286 e. The van der Waals surface area contributed by atoms with Crippen molar-refractivity contribution in [2.24, 2.45) is 4.99 Å². The fourth-order valence-electron chi connectivity index (χ4n) is 3.14. The van der Waals surface area contributed by atoms with Gasteiger partial charge in [-0.15, -0.1) is 0 Å². The number of amides is 1. The second kappa shape index (κ2) is 10.8. The number of pyridine rings is 1. The lowest BCUT2D eigenvalue weighted by Crippen LogP contribution is -2.51. The number of aromatic nitrogens is 1. The van der Waals surface area contributed by atoms with Crippen LogP contribution in [0.3, 0.4) is 0 Å². The molecule has 0 unspecified atom stereocenters. The molecule has 8 heteroatoms. The van der Waals surface area contributed by atoms with Crippen molar-refractivity contribution in [3.63, 3.8) is 0 Å². The first-order valence-electron chi connectivity index (χ1n) is 10.4. The molecule has 1 aromatic rings. The molecule has 0 bridgehead atoms. The highest BCUT2D eigenvalue weighted by Crippen LogP contribution is 2.26. The maximum Gasteiger partial charge on any atom is 0.286 e. The zero-order chi connectivity index (χ0) is 23.0. The summed E-state index contributed by atoms with van der Waals surface area (Å²) in [7, 11) is 0. The molecule has 1 fully saturated rings. The van der Waals surface area contributed by atoms with Crippen molar-refractivity contribution in [1.82, 2.24) is 14.8 Å². The number of amidine groups is 1. The zero-order valence-corrected chi connectivity index (χ0v) is 18.7. The number of piperazine rings is 1. The number of allylic oxidation sites excluding steroid dienone is 2. The highest BCUT2D eigenvalue weighted by atomic mass is 19.3. The summed E-state index contributed by atoms with van der Waals surface area (Å²) in [5.41, 5.74) is 1.60. The van der Waals surface area contributed by atoms with Crippen molar-refractivity contribution in [3.05, 3.63) is 60.2 Å². The van der Waals surface area contributed by atoms with E-state index in [0.717, 1.165) is 24.9 Å². The summed E-state index contributed by atoms with van der Waals surface area (Å²) in [6.45, 7) is 12.6. The van der Waals surface area contributed by atoms with Crippen LogP contribution in [0.5, 0.6) is 0 Å². The Hall–Kier alpha value is -3.03. The molecule has 0 saturated carbocycles. The summed E-state index contributed by atoms with van der Waals surface area (Å²) in [5, 5.41) is 3.27. The third-order valence-corrected chi connectivity index (χ3v) is 4.72. The van der Waals surface area contributed by atoms with Gasteiger partial charge in [-0.1, -0.05) is 25.7 Å². The second-order valence-corrected chi connectivity index (χ2v) is 7.47. The Bertz CT molecular complexity index is 861. The zero-order valence-electron chi connectivity index (χ0n) is 18.7. The lowest BCUT2D eigenvalue weighted by molar-refractivity contribution is -0.128. The minimum atomic E-state index is -2.99. The van der Waals surface area contributed by atoms with Gasteiger partial charge in [0.05, 0.1) is 17.6 Å². The van der Waals surface area contributed by atoms with E-state index in [4.69, 9.17) is 0 Å². The molecule has 0 atom stereocenters. The topological polar surface area (TPSA) is 60.8 Å². The largest absolute Gasteiger partial charge is 0.352 e. The number of hydrogen-bond donors (Lipinski definition) is 1. The SMILES string of the molecule is C=C(C)C(=O)N1CCN(C(=N\C=C/C)/C(=C/CC)Nc2ccc(C(C)(F)F)nc2)CC1. The van der Waals surface area contributed by atoms with Gasteiger partial charge in [0.1, 0.15) is 5.69 Å². The maximum atomic E-state index is 13.5. The summed E-state index contributed by atoms with van der Waals surface area (Å²) in [4.78, 5) is 24.6. The van der Waals surface area contributed by atoms with Crippen molar-refractivity contribution >= 4 is 17.4 Å². The normalized spacial score (nSPS) is 16.1. The molecule has 1 aliphatic rings. The van der Waals surface area contributed by atoms with Gasteiger partial charge in [0.25, 0.3) is 5.92 Å². The Morgan fingerprint density at radius 1 is 1.29 bits per heavy atom.